The Bertz CT molecular complexity index is 1100. The molecule has 0 spiro atoms. The Morgan fingerprint density at radius 2 is 1.79 bits per heavy atom. The molecular formula is C22H16N2O4. The van der Waals surface area contributed by atoms with Crippen molar-refractivity contribution in [3.8, 4) is 17.4 Å². The molecule has 1 heterocycles. The van der Waals surface area contributed by atoms with E-state index in [1.807, 2.05) is 25.1 Å². The van der Waals surface area contributed by atoms with Crippen LogP contribution in [0.5, 0.6) is 0 Å². The highest BCUT2D eigenvalue weighted by molar-refractivity contribution is 6.09. The van der Waals surface area contributed by atoms with Crippen molar-refractivity contribution < 1.29 is 19.1 Å². The minimum Gasteiger partial charge on any atom is -0.478 e. The minimum absolute atomic E-state index is 0.0922. The van der Waals surface area contributed by atoms with Crippen LogP contribution in [0.15, 0.2) is 70.7 Å². The second-order valence-electron chi connectivity index (χ2n) is 6.02. The zero-order valence-corrected chi connectivity index (χ0v) is 15.0. The summed E-state index contributed by atoms with van der Waals surface area (Å²) in [6, 6.07) is 18.7. The van der Waals surface area contributed by atoms with Gasteiger partial charge in [0.25, 0.3) is 5.91 Å². The second-order valence-corrected chi connectivity index (χ2v) is 6.02. The predicted molar refractivity (Wildman–Crippen MR) is 105 cm³/mol. The van der Waals surface area contributed by atoms with Crippen LogP contribution in [0.4, 0.5) is 5.69 Å². The third kappa shape index (κ3) is 4.17. The van der Waals surface area contributed by atoms with Crippen LogP contribution in [-0.2, 0) is 4.79 Å². The highest BCUT2D eigenvalue weighted by Crippen LogP contribution is 2.24. The first kappa shape index (κ1) is 18.7. The van der Waals surface area contributed by atoms with Crippen LogP contribution in [-0.4, -0.2) is 17.0 Å². The van der Waals surface area contributed by atoms with Gasteiger partial charge in [-0.2, -0.15) is 5.26 Å². The van der Waals surface area contributed by atoms with Gasteiger partial charge in [-0.15, -0.1) is 0 Å². The molecule has 3 aromatic rings. The topological polar surface area (TPSA) is 103 Å². The molecule has 1 aromatic heterocycles. The number of aryl methyl sites for hydroxylation is 1. The van der Waals surface area contributed by atoms with Gasteiger partial charge in [0.15, 0.2) is 0 Å². The zero-order chi connectivity index (χ0) is 20.1. The van der Waals surface area contributed by atoms with E-state index in [0.29, 0.717) is 22.8 Å². The molecule has 6 nitrogen and oxygen atoms in total. The molecule has 0 aliphatic rings. The van der Waals surface area contributed by atoms with Crippen LogP contribution < -0.4 is 5.32 Å². The fourth-order valence-electron chi connectivity index (χ4n) is 2.56. The Hall–Kier alpha value is -4.11. The number of rotatable bonds is 5. The number of hydrogen-bond donors (Lipinski definition) is 2. The van der Waals surface area contributed by atoms with Crippen LogP contribution in [0.3, 0.4) is 0 Å². The van der Waals surface area contributed by atoms with Gasteiger partial charge in [-0.25, -0.2) is 4.79 Å². The average molecular weight is 372 g/mol. The van der Waals surface area contributed by atoms with E-state index < -0.39 is 11.9 Å². The van der Waals surface area contributed by atoms with E-state index in [9.17, 15) is 14.9 Å². The Labute approximate surface area is 161 Å². The Balaban J connectivity index is 1.80. The fourth-order valence-corrected chi connectivity index (χ4v) is 2.56. The molecule has 3 rings (SSSR count). The highest BCUT2D eigenvalue weighted by Gasteiger charge is 2.12. The van der Waals surface area contributed by atoms with Gasteiger partial charge in [0.05, 0.1) is 5.56 Å². The molecule has 0 unspecified atom stereocenters. The monoisotopic (exact) mass is 372 g/mol. The van der Waals surface area contributed by atoms with E-state index in [0.717, 1.165) is 5.56 Å². The van der Waals surface area contributed by atoms with E-state index in [4.69, 9.17) is 9.52 Å². The average Bonchev–Trinajstić information content (AvgIpc) is 3.16. The molecule has 0 aliphatic carbocycles. The van der Waals surface area contributed by atoms with Gasteiger partial charge >= 0.3 is 5.97 Å². The van der Waals surface area contributed by atoms with Crippen LogP contribution >= 0.6 is 0 Å². The minimum atomic E-state index is -1.01. The van der Waals surface area contributed by atoms with Crippen molar-refractivity contribution in [2.24, 2.45) is 0 Å². The third-order valence-corrected chi connectivity index (χ3v) is 4.09. The normalized spacial score (nSPS) is 10.9. The standard InChI is InChI=1S/C22H16N2O4/c1-14-4-2-3-5-19(14)24-21(25)17(13-23)12-18-10-11-20(28-18)15-6-8-16(9-7-15)22(26)27/h2-12H,1H3,(H,24,25)(H,26,27)/b17-12-. The highest BCUT2D eigenvalue weighted by atomic mass is 16.4. The van der Waals surface area contributed by atoms with Crippen LogP contribution in [0.25, 0.3) is 17.4 Å². The number of para-hydroxylation sites is 1. The van der Waals surface area contributed by atoms with Gasteiger partial charge in [0, 0.05) is 17.3 Å². The number of amides is 1. The molecule has 0 aliphatic heterocycles. The molecule has 0 saturated carbocycles. The largest absolute Gasteiger partial charge is 0.478 e. The van der Waals surface area contributed by atoms with Gasteiger partial charge in [0.1, 0.15) is 23.2 Å². The van der Waals surface area contributed by atoms with E-state index >= 15 is 0 Å². The number of anilines is 1. The van der Waals surface area contributed by atoms with Crippen LogP contribution in [0.1, 0.15) is 21.7 Å². The van der Waals surface area contributed by atoms with Crippen LogP contribution in [0.2, 0.25) is 0 Å². The lowest BCUT2D eigenvalue weighted by Gasteiger charge is -2.06. The zero-order valence-electron chi connectivity index (χ0n) is 15.0. The molecule has 0 atom stereocenters. The predicted octanol–water partition coefficient (Wildman–Crippen LogP) is 4.50. The van der Waals surface area contributed by atoms with Gasteiger partial charge in [0.2, 0.25) is 0 Å². The molecule has 0 saturated heterocycles. The van der Waals surface area contributed by atoms with E-state index in [1.165, 1.54) is 18.2 Å². The SMILES string of the molecule is Cc1ccccc1NC(=O)/C(C#N)=C\c1ccc(-c2ccc(C(=O)O)cc2)o1. The number of benzene rings is 2. The van der Waals surface area contributed by atoms with Gasteiger partial charge < -0.3 is 14.8 Å². The molecule has 2 N–H and O–H groups in total. The maximum Gasteiger partial charge on any atom is 0.335 e. The van der Waals surface area contributed by atoms with E-state index in [-0.39, 0.29) is 11.1 Å². The summed E-state index contributed by atoms with van der Waals surface area (Å²) in [6.45, 7) is 1.86. The van der Waals surface area contributed by atoms with E-state index in [1.54, 1.807) is 36.4 Å². The maximum atomic E-state index is 12.4. The summed E-state index contributed by atoms with van der Waals surface area (Å²) >= 11 is 0. The lowest BCUT2D eigenvalue weighted by Crippen LogP contribution is -2.14. The number of carbonyl (C=O) groups excluding carboxylic acids is 1. The summed E-state index contributed by atoms with van der Waals surface area (Å²) in [7, 11) is 0. The fraction of sp³-hybridized carbons (Fsp3) is 0.0455. The molecule has 2 aromatic carbocycles. The summed E-state index contributed by atoms with van der Waals surface area (Å²) in [6.07, 6.45) is 1.36. The maximum absolute atomic E-state index is 12.4. The van der Waals surface area contributed by atoms with Crippen molar-refractivity contribution >= 4 is 23.6 Å². The number of carboxylic acids is 1. The molecule has 0 radical (unpaired) electrons. The first-order valence-corrected chi connectivity index (χ1v) is 8.40. The number of nitrogens with zero attached hydrogens (tertiary/aromatic N) is 1. The first-order valence-electron chi connectivity index (χ1n) is 8.40. The molecule has 6 heteroatoms. The molecular weight excluding hydrogens is 356 g/mol. The summed E-state index contributed by atoms with van der Waals surface area (Å²) in [5.41, 5.74) is 2.29. The van der Waals surface area contributed by atoms with Crippen molar-refractivity contribution in [3.05, 3.63) is 83.1 Å². The number of nitrogens with one attached hydrogen (secondary N) is 1. The van der Waals surface area contributed by atoms with Crippen LogP contribution in [0, 0.1) is 18.3 Å². The number of furan rings is 1. The van der Waals surface area contributed by atoms with Crippen molar-refractivity contribution in [2.45, 2.75) is 6.92 Å². The lowest BCUT2D eigenvalue weighted by molar-refractivity contribution is -0.112. The van der Waals surface area contributed by atoms with Gasteiger partial charge in [-0.05, 0) is 42.8 Å². The van der Waals surface area contributed by atoms with E-state index in [2.05, 4.69) is 5.32 Å². The Morgan fingerprint density at radius 1 is 1.07 bits per heavy atom. The number of nitriles is 1. The number of hydrogen-bond acceptors (Lipinski definition) is 4. The van der Waals surface area contributed by atoms with Gasteiger partial charge in [-0.1, -0.05) is 30.3 Å². The first-order chi connectivity index (χ1) is 13.5. The summed E-state index contributed by atoms with van der Waals surface area (Å²) in [4.78, 5) is 23.3. The second kappa shape index (κ2) is 8.06. The van der Waals surface area contributed by atoms with Gasteiger partial charge in [-0.3, -0.25) is 4.79 Å². The molecule has 138 valence electrons. The smallest absolute Gasteiger partial charge is 0.335 e. The summed E-state index contributed by atoms with van der Waals surface area (Å²) in [5.74, 6) is -0.693. The summed E-state index contributed by atoms with van der Waals surface area (Å²) < 4.78 is 5.67. The summed E-state index contributed by atoms with van der Waals surface area (Å²) in [5, 5.41) is 21.0. The Morgan fingerprint density at radius 3 is 2.43 bits per heavy atom. The molecule has 0 bridgehead atoms. The molecule has 0 fully saturated rings. The Kier molecular flexibility index (Phi) is 5.38. The molecule has 28 heavy (non-hydrogen) atoms. The van der Waals surface area contributed by atoms with Crippen molar-refractivity contribution in [1.29, 1.82) is 5.26 Å². The third-order valence-electron chi connectivity index (χ3n) is 4.09. The van der Waals surface area contributed by atoms with Crippen molar-refractivity contribution in [3.63, 3.8) is 0 Å². The van der Waals surface area contributed by atoms with Crippen molar-refractivity contribution in [1.82, 2.24) is 0 Å². The quantitative estimate of drug-likeness (QED) is 0.507. The number of carboxylic acid groups (broad SMARTS) is 1. The van der Waals surface area contributed by atoms with Crippen molar-refractivity contribution in [2.75, 3.05) is 5.32 Å². The number of carbonyl (C=O) groups is 2. The number of aromatic carboxylic acids is 1. The lowest BCUT2D eigenvalue weighted by atomic mass is 10.1. The molecule has 1 amide bonds.